The molecule has 5 heteroatoms. The van der Waals surface area contributed by atoms with Gasteiger partial charge in [-0.25, -0.2) is 0 Å². The maximum absolute atomic E-state index is 5.28. The molecule has 0 saturated heterocycles. The van der Waals surface area contributed by atoms with E-state index >= 15 is 0 Å². The molecule has 0 fully saturated rings. The average Bonchev–Trinajstić information content (AvgIpc) is 2.14. The topological polar surface area (TPSA) is 27.7 Å². The molecule has 0 aromatic heterocycles. The summed E-state index contributed by atoms with van der Waals surface area (Å²) in [4.78, 5) is 0. The Kier molecular flexibility index (Phi) is 10.8. The van der Waals surface area contributed by atoms with Crippen LogP contribution < -0.4 is 0 Å². The molecule has 0 bridgehead atoms. The molecule has 0 aromatic carbocycles. The van der Waals surface area contributed by atoms with Crippen LogP contribution in [0.25, 0.3) is 0 Å². The SMILES string of the molecule is CCCCC[Si](OC)(OC)OC.[SiH4]. The number of unbranched alkanes of at least 4 members (excludes halogenated alkanes) is 2. The Morgan fingerprint density at radius 3 is 1.69 bits per heavy atom. The van der Waals surface area contributed by atoms with Crippen molar-refractivity contribution < 1.29 is 13.3 Å². The Morgan fingerprint density at radius 2 is 1.38 bits per heavy atom. The zero-order chi connectivity index (χ0) is 9.45. The predicted octanol–water partition coefficient (Wildman–Crippen LogP) is 0.603. The third-order valence-corrected chi connectivity index (χ3v) is 4.85. The summed E-state index contributed by atoms with van der Waals surface area (Å²) in [5, 5.41) is 0. The van der Waals surface area contributed by atoms with E-state index in [0.717, 1.165) is 12.5 Å². The van der Waals surface area contributed by atoms with Crippen LogP contribution in [0.2, 0.25) is 6.04 Å². The first-order valence-corrected chi connectivity index (χ1v) is 6.33. The van der Waals surface area contributed by atoms with Crippen molar-refractivity contribution in [2.45, 2.75) is 32.2 Å². The molecule has 0 aliphatic rings. The largest absolute Gasteiger partial charge is 0.500 e. The van der Waals surface area contributed by atoms with Crippen LogP contribution >= 0.6 is 0 Å². The van der Waals surface area contributed by atoms with Crippen molar-refractivity contribution >= 4 is 19.8 Å². The summed E-state index contributed by atoms with van der Waals surface area (Å²) in [6.45, 7) is 2.18. The molecule has 0 atom stereocenters. The summed E-state index contributed by atoms with van der Waals surface area (Å²) in [5.74, 6) is 0. The van der Waals surface area contributed by atoms with E-state index in [9.17, 15) is 0 Å². The lowest BCUT2D eigenvalue weighted by molar-refractivity contribution is 0.123. The fraction of sp³-hybridized carbons (Fsp3) is 1.00. The minimum Gasteiger partial charge on any atom is -0.377 e. The van der Waals surface area contributed by atoms with E-state index in [2.05, 4.69) is 6.92 Å². The first-order chi connectivity index (χ1) is 5.74. The van der Waals surface area contributed by atoms with E-state index in [1.165, 1.54) is 12.8 Å². The van der Waals surface area contributed by atoms with Crippen LogP contribution in [0.4, 0.5) is 0 Å². The Balaban J connectivity index is 0. The van der Waals surface area contributed by atoms with Gasteiger partial charge in [-0.1, -0.05) is 19.8 Å². The number of rotatable bonds is 7. The lowest BCUT2D eigenvalue weighted by Crippen LogP contribution is -2.42. The summed E-state index contributed by atoms with van der Waals surface area (Å²) in [6.07, 6.45) is 3.55. The van der Waals surface area contributed by atoms with Crippen molar-refractivity contribution in [3.05, 3.63) is 0 Å². The number of hydrogen-bond acceptors (Lipinski definition) is 3. The van der Waals surface area contributed by atoms with E-state index < -0.39 is 8.80 Å². The predicted molar refractivity (Wildman–Crippen MR) is 62.4 cm³/mol. The van der Waals surface area contributed by atoms with Crippen LogP contribution in [0.3, 0.4) is 0 Å². The van der Waals surface area contributed by atoms with Crippen molar-refractivity contribution in [1.82, 2.24) is 0 Å². The average molecular weight is 224 g/mol. The third kappa shape index (κ3) is 5.59. The molecule has 0 radical (unpaired) electrons. The second-order valence-corrected chi connectivity index (χ2v) is 5.84. The van der Waals surface area contributed by atoms with Gasteiger partial charge in [0, 0.05) is 27.4 Å². The van der Waals surface area contributed by atoms with Gasteiger partial charge in [-0.3, -0.25) is 0 Å². The van der Waals surface area contributed by atoms with Crippen molar-refractivity contribution in [3.63, 3.8) is 0 Å². The lowest BCUT2D eigenvalue weighted by Gasteiger charge is -2.23. The molecule has 82 valence electrons. The van der Waals surface area contributed by atoms with Crippen LogP contribution in [-0.2, 0) is 13.3 Å². The molecule has 0 aromatic rings. The molecular weight excluding hydrogens is 200 g/mol. The molecule has 0 unspecified atom stereocenters. The fourth-order valence-corrected chi connectivity index (χ4v) is 2.94. The van der Waals surface area contributed by atoms with Gasteiger partial charge in [0.15, 0.2) is 0 Å². The van der Waals surface area contributed by atoms with E-state index in [-0.39, 0.29) is 11.0 Å². The summed E-state index contributed by atoms with van der Waals surface area (Å²) in [5.41, 5.74) is 0. The van der Waals surface area contributed by atoms with Crippen molar-refractivity contribution in [3.8, 4) is 0 Å². The molecule has 3 nitrogen and oxygen atoms in total. The van der Waals surface area contributed by atoms with Gasteiger partial charge in [0.2, 0.25) is 0 Å². The molecule has 0 rings (SSSR count). The zero-order valence-corrected chi connectivity index (χ0v) is 9.55. The van der Waals surface area contributed by atoms with Crippen LogP contribution in [0.15, 0.2) is 0 Å². The maximum atomic E-state index is 5.28. The van der Waals surface area contributed by atoms with E-state index in [1.54, 1.807) is 21.3 Å². The second-order valence-electron chi connectivity index (χ2n) is 2.75. The van der Waals surface area contributed by atoms with Crippen LogP contribution in [0, 0.1) is 0 Å². The van der Waals surface area contributed by atoms with E-state index in [1.807, 2.05) is 0 Å². The van der Waals surface area contributed by atoms with Gasteiger partial charge in [0.1, 0.15) is 0 Å². The first kappa shape index (κ1) is 15.8. The second kappa shape index (κ2) is 8.89. The standard InChI is InChI=1S/C8H20O3Si.H4Si/c1-5-6-7-8-12(9-2,10-3)11-4;/h5-8H2,1-4H3;1H4. The summed E-state index contributed by atoms with van der Waals surface area (Å²) in [6, 6.07) is 0.921. The molecule has 0 N–H and O–H groups in total. The highest BCUT2D eigenvalue weighted by Gasteiger charge is 2.36. The quantitative estimate of drug-likeness (QED) is 0.468. The molecule has 13 heavy (non-hydrogen) atoms. The zero-order valence-electron chi connectivity index (χ0n) is 8.55. The van der Waals surface area contributed by atoms with Gasteiger partial charge >= 0.3 is 8.80 Å². The van der Waals surface area contributed by atoms with Gasteiger partial charge in [-0.05, 0) is 17.4 Å². The summed E-state index contributed by atoms with van der Waals surface area (Å²) >= 11 is 0. The highest BCUT2D eigenvalue weighted by atomic mass is 28.4. The highest BCUT2D eigenvalue weighted by Crippen LogP contribution is 2.16. The summed E-state index contributed by atoms with van der Waals surface area (Å²) < 4.78 is 15.8. The van der Waals surface area contributed by atoms with Crippen LogP contribution in [-0.4, -0.2) is 41.1 Å². The third-order valence-electron chi connectivity index (χ3n) is 2.02. The molecule has 0 spiro atoms. The van der Waals surface area contributed by atoms with E-state index in [4.69, 9.17) is 13.3 Å². The van der Waals surface area contributed by atoms with Crippen molar-refractivity contribution in [2.24, 2.45) is 0 Å². The Labute approximate surface area is 87.2 Å². The molecule has 0 heterocycles. The summed E-state index contributed by atoms with van der Waals surface area (Å²) in [7, 11) is 2.72. The highest BCUT2D eigenvalue weighted by molar-refractivity contribution is 6.60. The first-order valence-electron chi connectivity index (χ1n) is 4.40. The van der Waals surface area contributed by atoms with Gasteiger partial charge in [-0.2, -0.15) is 0 Å². The Morgan fingerprint density at radius 1 is 0.923 bits per heavy atom. The molecule has 0 saturated carbocycles. The van der Waals surface area contributed by atoms with Crippen molar-refractivity contribution in [2.75, 3.05) is 21.3 Å². The smallest absolute Gasteiger partial charge is 0.377 e. The number of hydrogen-bond donors (Lipinski definition) is 0. The van der Waals surface area contributed by atoms with Gasteiger partial charge in [0.05, 0.1) is 0 Å². The molecule has 0 aliphatic carbocycles. The van der Waals surface area contributed by atoms with Gasteiger partial charge in [0.25, 0.3) is 0 Å². The monoisotopic (exact) mass is 224 g/mol. The normalized spacial score (nSPS) is 11.1. The lowest BCUT2D eigenvalue weighted by atomic mass is 10.3. The minimum absolute atomic E-state index is 0. The van der Waals surface area contributed by atoms with E-state index in [0.29, 0.717) is 0 Å². The minimum atomic E-state index is -2.25. The Bertz CT molecular complexity index is 99.3. The van der Waals surface area contributed by atoms with Gasteiger partial charge in [-0.15, -0.1) is 0 Å². The fourth-order valence-electron chi connectivity index (χ4n) is 1.15. The molecular formula is C8H24O3Si2. The van der Waals surface area contributed by atoms with Crippen molar-refractivity contribution in [1.29, 1.82) is 0 Å². The Hall–Kier alpha value is 0.314. The maximum Gasteiger partial charge on any atom is 0.500 e. The van der Waals surface area contributed by atoms with Crippen LogP contribution in [0.1, 0.15) is 26.2 Å². The van der Waals surface area contributed by atoms with Crippen LogP contribution in [0.5, 0.6) is 0 Å². The molecule has 0 aliphatic heterocycles. The molecule has 0 amide bonds. The van der Waals surface area contributed by atoms with Gasteiger partial charge < -0.3 is 13.3 Å².